The van der Waals surface area contributed by atoms with Gasteiger partial charge in [0.1, 0.15) is 5.75 Å². The smallest absolute Gasteiger partial charge is 0.251 e. The first kappa shape index (κ1) is 18.3. The summed E-state index contributed by atoms with van der Waals surface area (Å²) >= 11 is 0. The fraction of sp³-hybridized carbons (Fsp3) is 0.526. The molecule has 0 radical (unpaired) electrons. The summed E-state index contributed by atoms with van der Waals surface area (Å²) in [6.07, 6.45) is 3.39. The van der Waals surface area contributed by atoms with E-state index in [-0.39, 0.29) is 16.9 Å². The molecule has 1 rings (SSSR count). The van der Waals surface area contributed by atoms with Crippen LogP contribution in [0.25, 0.3) is 0 Å². The molecule has 1 amide bonds. The van der Waals surface area contributed by atoms with Crippen molar-refractivity contribution < 1.29 is 9.53 Å². The van der Waals surface area contributed by atoms with Crippen molar-refractivity contribution in [2.75, 3.05) is 7.11 Å². The Labute approximate surface area is 134 Å². The van der Waals surface area contributed by atoms with E-state index in [2.05, 4.69) is 46.5 Å². The molecule has 0 bridgehead atoms. The predicted molar refractivity (Wildman–Crippen MR) is 92.5 cm³/mol. The Bertz CT molecular complexity index is 539. The zero-order chi connectivity index (χ0) is 17.0. The minimum atomic E-state index is -0.256. The third kappa shape index (κ3) is 5.55. The normalized spacial score (nSPS) is 11.9. The third-order valence-electron chi connectivity index (χ3n) is 3.33. The van der Waals surface area contributed by atoms with Gasteiger partial charge in [0.05, 0.1) is 7.11 Å². The van der Waals surface area contributed by atoms with Crippen molar-refractivity contribution in [3.63, 3.8) is 0 Å². The standard InChI is InChI=1S/C19H29NO2/c1-8-9-14-12-15(10-11-16(14)22-7)17(21)20-19(5,6)13-18(2,3)4/h8,10-12H,1,9,13H2,2-7H3,(H,20,21). The first-order valence-corrected chi connectivity index (χ1v) is 7.68. The van der Waals surface area contributed by atoms with Crippen molar-refractivity contribution in [1.29, 1.82) is 0 Å². The van der Waals surface area contributed by atoms with Gasteiger partial charge < -0.3 is 10.1 Å². The molecule has 0 fully saturated rings. The van der Waals surface area contributed by atoms with E-state index in [0.717, 1.165) is 17.7 Å². The van der Waals surface area contributed by atoms with Gasteiger partial charge in [-0.2, -0.15) is 0 Å². The summed E-state index contributed by atoms with van der Waals surface area (Å²) < 4.78 is 5.32. The molecular weight excluding hydrogens is 274 g/mol. The summed E-state index contributed by atoms with van der Waals surface area (Å²) in [7, 11) is 1.63. The maximum atomic E-state index is 12.5. The highest BCUT2D eigenvalue weighted by molar-refractivity contribution is 5.95. The van der Waals surface area contributed by atoms with Gasteiger partial charge in [0, 0.05) is 11.1 Å². The highest BCUT2D eigenvalue weighted by Gasteiger charge is 2.27. The monoisotopic (exact) mass is 303 g/mol. The summed E-state index contributed by atoms with van der Waals surface area (Å²) in [5, 5.41) is 3.13. The van der Waals surface area contributed by atoms with Crippen molar-refractivity contribution in [2.24, 2.45) is 5.41 Å². The molecule has 1 N–H and O–H groups in total. The van der Waals surface area contributed by atoms with Gasteiger partial charge in [0.25, 0.3) is 5.91 Å². The Kier molecular flexibility index (Phi) is 5.81. The van der Waals surface area contributed by atoms with Gasteiger partial charge in [-0.05, 0) is 55.9 Å². The van der Waals surface area contributed by atoms with E-state index in [1.54, 1.807) is 13.2 Å². The molecule has 0 saturated heterocycles. The molecule has 0 saturated carbocycles. The Morgan fingerprint density at radius 3 is 2.41 bits per heavy atom. The summed E-state index contributed by atoms with van der Waals surface area (Å²) in [6.45, 7) is 14.4. The number of benzene rings is 1. The van der Waals surface area contributed by atoms with E-state index < -0.39 is 0 Å². The van der Waals surface area contributed by atoms with Crippen LogP contribution in [0.4, 0.5) is 0 Å². The Balaban J connectivity index is 2.94. The van der Waals surface area contributed by atoms with Gasteiger partial charge in [-0.15, -0.1) is 6.58 Å². The van der Waals surface area contributed by atoms with E-state index in [0.29, 0.717) is 12.0 Å². The molecule has 1 aromatic rings. The minimum Gasteiger partial charge on any atom is -0.496 e. The molecule has 3 heteroatoms. The number of carbonyl (C=O) groups is 1. The van der Waals surface area contributed by atoms with Crippen molar-refractivity contribution >= 4 is 5.91 Å². The number of hydrogen-bond acceptors (Lipinski definition) is 2. The van der Waals surface area contributed by atoms with Crippen molar-refractivity contribution in [3.8, 4) is 5.75 Å². The van der Waals surface area contributed by atoms with Crippen LogP contribution >= 0.6 is 0 Å². The number of nitrogens with one attached hydrogen (secondary N) is 1. The molecule has 122 valence electrons. The number of allylic oxidation sites excluding steroid dienone is 1. The molecule has 0 aromatic heterocycles. The molecule has 3 nitrogen and oxygen atoms in total. The molecule has 0 aliphatic heterocycles. The molecular formula is C19H29NO2. The largest absolute Gasteiger partial charge is 0.496 e. The third-order valence-corrected chi connectivity index (χ3v) is 3.33. The Morgan fingerprint density at radius 1 is 1.27 bits per heavy atom. The molecule has 0 atom stereocenters. The van der Waals surface area contributed by atoms with Crippen LogP contribution in [-0.4, -0.2) is 18.6 Å². The fourth-order valence-corrected chi connectivity index (χ4v) is 2.98. The molecule has 0 heterocycles. The number of amides is 1. The SMILES string of the molecule is C=CCc1cc(C(=O)NC(C)(C)CC(C)(C)C)ccc1OC. The highest BCUT2D eigenvalue weighted by Crippen LogP contribution is 2.27. The number of methoxy groups -OCH3 is 1. The molecule has 0 aliphatic carbocycles. The molecule has 22 heavy (non-hydrogen) atoms. The van der Waals surface area contributed by atoms with Gasteiger partial charge in [0.15, 0.2) is 0 Å². The lowest BCUT2D eigenvalue weighted by Gasteiger charge is -2.33. The lowest BCUT2D eigenvalue weighted by atomic mass is 9.81. The van der Waals surface area contributed by atoms with Crippen molar-refractivity contribution in [2.45, 2.75) is 53.0 Å². The minimum absolute atomic E-state index is 0.0535. The number of hydrogen-bond donors (Lipinski definition) is 1. The second-order valence-corrected chi connectivity index (χ2v) is 7.59. The Morgan fingerprint density at radius 2 is 1.91 bits per heavy atom. The number of ether oxygens (including phenoxy) is 1. The quantitative estimate of drug-likeness (QED) is 0.793. The number of rotatable bonds is 6. The van der Waals surface area contributed by atoms with Gasteiger partial charge in [-0.25, -0.2) is 0 Å². The van der Waals surface area contributed by atoms with Gasteiger partial charge >= 0.3 is 0 Å². The fourth-order valence-electron chi connectivity index (χ4n) is 2.98. The van der Waals surface area contributed by atoms with Gasteiger partial charge in [-0.3, -0.25) is 4.79 Å². The molecule has 0 unspecified atom stereocenters. The average Bonchev–Trinajstić information content (AvgIpc) is 2.35. The van der Waals surface area contributed by atoms with E-state index in [1.807, 2.05) is 18.2 Å². The second-order valence-electron chi connectivity index (χ2n) is 7.59. The maximum absolute atomic E-state index is 12.5. The van der Waals surface area contributed by atoms with Crippen LogP contribution in [0.2, 0.25) is 0 Å². The van der Waals surface area contributed by atoms with Crippen LogP contribution < -0.4 is 10.1 Å². The zero-order valence-corrected chi connectivity index (χ0v) is 14.7. The molecule has 1 aromatic carbocycles. The van der Waals surface area contributed by atoms with E-state index >= 15 is 0 Å². The first-order chi connectivity index (χ1) is 10.1. The molecule has 0 spiro atoms. The van der Waals surface area contributed by atoms with Crippen LogP contribution in [0.1, 0.15) is 57.0 Å². The number of carbonyl (C=O) groups excluding carboxylic acids is 1. The zero-order valence-electron chi connectivity index (χ0n) is 14.7. The second kappa shape index (κ2) is 6.99. The van der Waals surface area contributed by atoms with E-state index in [9.17, 15) is 4.79 Å². The first-order valence-electron chi connectivity index (χ1n) is 7.68. The summed E-state index contributed by atoms with van der Waals surface area (Å²) in [4.78, 5) is 12.5. The lowest BCUT2D eigenvalue weighted by Crippen LogP contribution is -2.45. The maximum Gasteiger partial charge on any atom is 0.251 e. The van der Waals surface area contributed by atoms with E-state index in [1.165, 1.54) is 0 Å². The summed E-state index contributed by atoms with van der Waals surface area (Å²) in [6, 6.07) is 5.52. The van der Waals surface area contributed by atoms with E-state index in [4.69, 9.17) is 4.74 Å². The van der Waals surface area contributed by atoms with Crippen LogP contribution in [0.15, 0.2) is 30.9 Å². The summed E-state index contributed by atoms with van der Waals surface area (Å²) in [5.74, 6) is 0.729. The van der Waals surface area contributed by atoms with Crippen molar-refractivity contribution in [1.82, 2.24) is 5.32 Å². The highest BCUT2D eigenvalue weighted by atomic mass is 16.5. The lowest BCUT2D eigenvalue weighted by molar-refractivity contribution is 0.0891. The topological polar surface area (TPSA) is 38.3 Å². The Hall–Kier alpha value is -1.77. The average molecular weight is 303 g/mol. The van der Waals surface area contributed by atoms with Gasteiger partial charge in [0.2, 0.25) is 0 Å². The van der Waals surface area contributed by atoms with Gasteiger partial charge in [-0.1, -0.05) is 26.8 Å². The van der Waals surface area contributed by atoms with Crippen LogP contribution in [0.5, 0.6) is 5.75 Å². The van der Waals surface area contributed by atoms with Crippen LogP contribution in [0.3, 0.4) is 0 Å². The summed E-state index contributed by atoms with van der Waals surface area (Å²) in [5.41, 5.74) is 1.52. The van der Waals surface area contributed by atoms with Crippen LogP contribution in [-0.2, 0) is 6.42 Å². The predicted octanol–water partition coefficient (Wildman–Crippen LogP) is 4.37. The van der Waals surface area contributed by atoms with Crippen molar-refractivity contribution in [3.05, 3.63) is 42.0 Å². The van der Waals surface area contributed by atoms with Crippen LogP contribution in [0, 0.1) is 5.41 Å². The molecule has 0 aliphatic rings.